The van der Waals surface area contributed by atoms with Crippen LogP contribution in [0.15, 0.2) is 0 Å². The highest BCUT2D eigenvalue weighted by Crippen LogP contribution is 2.44. The number of rotatable bonds is 3. The lowest BCUT2D eigenvalue weighted by molar-refractivity contribution is -0.139. The Morgan fingerprint density at radius 3 is 2.56 bits per heavy atom. The molecule has 0 bridgehead atoms. The number of likely N-dealkylation sites (N-methyl/N-ethyl adjacent to an activating group) is 1. The molecule has 1 unspecified atom stereocenters. The van der Waals surface area contributed by atoms with Gasteiger partial charge in [-0.05, 0) is 39.2 Å². The van der Waals surface area contributed by atoms with Crippen molar-refractivity contribution in [1.82, 2.24) is 10.2 Å². The largest absolute Gasteiger partial charge is 0.338 e. The molecule has 2 rings (SSSR count). The van der Waals surface area contributed by atoms with E-state index in [2.05, 4.69) is 10.2 Å². The maximum absolute atomic E-state index is 12.2. The van der Waals surface area contributed by atoms with Crippen molar-refractivity contribution < 1.29 is 4.79 Å². The molecule has 0 spiro atoms. The van der Waals surface area contributed by atoms with Gasteiger partial charge in [-0.25, -0.2) is 0 Å². The van der Waals surface area contributed by atoms with Gasteiger partial charge < -0.3 is 10.2 Å². The number of likely N-dealkylation sites (tertiary alicyclic amines) is 1. The van der Waals surface area contributed by atoms with Crippen LogP contribution in [0.25, 0.3) is 0 Å². The Kier molecular flexibility index (Phi) is 3.24. The fraction of sp³-hybridized carbons (Fsp3) is 0.923. The minimum absolute atomic E-state index is 0.133. The van der Waals surface area contributed by atoms with E-state index in [9.17, 15) is 4.79 Å². The van der Waals surface area contributed by atoms with Crippen LogP contribution in [0.3, 0.4) is 0 Å². The van der Waals surface area contributed by atoms with Gasteiger partial charge >= 0.3 is 0 Å². The normalized spacial score (nSPS) is 28.2. The SMILES string of the molecule is CNC1(C2CCCCN2C(=O)C(C)C)CC1. The van der Waals surface area contributed by atoms with Crippen molar-refractivity contribution in [2.75, 3.05) is 13.6 Å². The van der Waals surface area contributed by atoms with Gasteiger partial charge in [-0.2, -0.15) is 0 Å². The zero-order valence-corrected chi connectivity index (χ0v) is 10.8. The lowest BCUT2D eigenvalue weighted by Gasteiger charge is -2.41. The van der Waals surface area contributed by atoms with E-state index in [4.69, 9.17) is 0 Å². The predicted molar refractivity (Wildman–Crippen MR) is 65.2 cm³/mol. The molecule has 1 aliphatic heterocycles. The van der Waals surface area contributed by atoms with Crippen molar-refractivity contribution in [3.05, 3.63) is 0 Å². The van der Waals surface area contributed by atoms with Gasteiger partial charge in [0, 0.05) is 24.0 Å². The summed E-state index contributed by atoms with van der Waals surface area (Å²) in [5.41, 5.74) is 0.255. The maximum Gasteiger partial charge on any atom is 0.225 e. The van der Waals surface area contributed by atoms with Crippen LogP contribution < -0.4 is 5.32 Å². The fourth-order valence-electron chi connectivity index (χ4n) is 2.99. The van der Waals surface area contributed by atoms with Crippen LogP contribution in [-0.4, -0.2) is 36.0 Å². The van der Waals surface area contributed by atoms with Crippen LogP contribution in [0.1, 0.15) is 46.0 Å². The molecule has 92 valence electrons. The molecule has 0 aromatic carbocycles. The molecule has 1 N–H and O–H groups in total. The molecule has 0 radical (unpaired) electrons. The molecule has 16 heavy (non-hydrogen) atoms. The lowest BCUT2D eigenvalue weighted by Crippen LogP contribution is -2.56. The highest BCUT2D eigenvalue weighted by atomic mass is 16.2. The molecule has 1 aliphatic carbocycles. The predicted octanol–water partition coefficient (Wildman–Crippen LogP) is 1.78. The minimum atomic E-state index is 0.133. The summed E-state index contributed by atoms with van der Waals surface area (Å²) in [5, 5.41) is 3.45. The summed E-state index contributed by atoms with van der Waals surface area (Å²) in [4.78, 5) is 14.3. The second-order valence-corrected chi connectivity index (χ2v) is 5.60. The third-order valence-corrected chi connectivity index (χ3v) is 4.20. The Hall–Kier alpha value is -0.570. The smallest absolute Gasteiger partial charge is 0.225 e. The molecule has 2 aliphatic rings. The number of hydrogen-bond acceptors (Lipinski definition) is 2. The summed E-state index contributed by atoms with van der Waals surface area (Å²) in [6, 6.07) is 0.446. The topological polar surface area (TPSA) is 32.3 Å². The van der Waals surface area contributed by atoms with Gasteiger partial charge in [-0.3, -0.25) is 4.79 Å². The fourth-order valence-corrected chi connectivity index (χ4v) is 2.99. The Morgan fingerprint density at radius 2 is 2.06 bits per heavy atom. The molecular formula is C13H24N2O. The molecule has 1 amide bonds. The monoisotopic (exact) mass is 224 g/mol. The Labute approximate surface area is 98.6 Å². The number of hydrogen-bond donors (Lipinski definition) is 1. The molecule has 1 saturated heterocycles. The number of carbonyl (C=O) groups excluding carboxylic acids is 1. The second-order valence-electron chi connectivity index (χ2n) is 5.60. The molecule has 1 atom stereocenters. The van der Waals surface area contributed by atoms with Crippen LogP contribution in [0.5, 0.6) is 0 Å². The van der Waals surface area contributed by atoms with Crippen molar-refractivity contribution in [1.29, 1.82) is 0 Å². The first-order valence-corrected chi connectivity index (χ1v) is 6.60. The van der Waals surface area contributed by atoms with Gasteiger partial charge in [-0.1, -0.05) is 13.8 Å². The summed E-state index contributed by atoms with van der Waals surface area (Å²) in [5.74, 6) is 0.472. The summed E-state index contributed by atoms with van der Waals surface area (Å²) >= 11 is 0. The first-order valence-electron chi connectivity index (χ1n) is 6.60. The number of amides is 1. The minimum Gasteiger partial charge on any atom is -0.338 e. The molecule has 3 heteroatoms. The Bertz CT molecular complexity index is 271. The Balaban J connectivity index is 2.11. The first kappa shape index (κ1) is 11.9. The van der Waals surface area contributed by atoms with Crippen LogP contribution in [0.4, 0.5) is 0 Å². The number of nitrogens with zero attached hydrogens (tertiary/aromatic N) is 1. The van der Waals surface area contributed by atoms with Crippen molar-refractivity contribution in [3.63, 3.8) is 0 Å². The highest BCUT2D eigenvalue weighted by Gasteiger charge is 2.51. The number of piperidine rings is 1. The zero-order valence-electron chi connectivity index (χ0n) is 10.8. The van der Waals surface area contributed by atoms with Crippen molar-refractivity contribution >= 4 is 5.91 Å². The van der Waals surface area contributed by atoms with Gasteiger partial charge in [-0.15, -0.1) is 0 Å². The van der Waals surface area contributed by atoms with E-state index in [1.54, 1.807) is 0 Å². The molecule has 3 nitrogen and oxygen atoms in total. The van der Waals surface area contributed by atoms with E-state index in [1.165, 1.54) is 32.1 Å². The Morgan fingerprint density at radius 1 is 1.38 bits per heavy atom. The third kappa shape index (κ3) is 1.97. The van der Waals surface area contributed by atoms with E-state index in [0.29, 0.717) is 11.9 Å². The third-order valence-electron chi connectivity index (χ3n) is 4.20. The molecule has 2 fully saturated rings. The summed E-state index contributed by atoms with van der Waals surface area (Å²) in [6.45, 7) is 4.98. The van der Waals surface area contributed by atoms with Gasteiger partial charge in [0.05, 0.1) is 0 Å². The van der Waals surface area contributed by atoms with E-state index in [1.807, 2.05) is 20.9 Å². The van der Waals surface area contributed by atoms with E-state index >= 15 is 0 Å². The summed E-state index contributed by atoms with van der Waals surface area (Å²) < 4.78 is 0. The van der Waals surface area contributed by atoms with Crippen LogP contribution in [0, 0.1) is 5.92 Å². The quantitative estimate of drug-likeness (QED) is 0.792. The van der Waals surface area contributed by atoms with Gasteiger partial charge in [0.2, 0.25) is 5.91 Å². The molecular weight excluding hydrogens is 200 g/mol. The number of nitrogens with one attached hydrogen (secondary N) is 1. The van der Waals surface area contributed by atoms with Crippen LogP contribution >= 0.6 is 0 Å². The summed E-state index contributed by atoms with van der Waals surface area (Å²) in [7, 11) is 2.04. The highest BCUT2D eigenvalue weighted by molar-refractivity contribution is 5.78. The second kappa shape index (κ2) is 4.36. The molecule has 1 saturated carbocycles. The lowest BCUT2D eigenvalue weighted by atomic mass is 9.92. The van der Waals surface area contributed by atoms with Crippen molar-refractivity contribution in [2.45, 2.75) is 57.5 Å². The van der Waals surface area contributed by atoms with Gasteiger partial charge in [0.15, 0.2) is 0 Å². The van der Waals surface area contributed by atoms with E-state index in [-0.39, 0.29) is 11.5 Å². The molecule has 1 heterocycles. The van der Waals surface area contributed by atoms with Crippen molar-refractivity contribution in [2.24, 2.45) is 5.92 Å². The van der Waals surface area contributed by atoms with Gasteiger partial charge in [0.25, 0.3) is 0 Å². The van der Waals surface area contributed by atoms with Crippen molar-refractivity contribution in [3.8, 4) is 0 Å². The average Bonchev–Trinajstić information content (AvgIpc) is 3.09. The molecule has 0 aromatic rings. The standard InChI is InChI=1S/C13H24N2O/c1-10(2)12(16)15-9-5-4-6-11(15)13(14-3)7-8-13/h10-11,14H,4-9H2,1-3H3. The average molecular weight is 224 g/mol. The van der Waals surface area contributed by atoms with Gasteiger partial charge in [0.1, 0.15) is 0 Å². The van der Waals surface area contributed by atoms with Crippen LogP contribution in [-0.2, 0) is 4.79 Å². The first-order chi connectivity index (χ1) is 7.60. The molecule has 0 aromatic heterocycles. The maximum atomic E-state index is 12.2. The number of carbonyl (C=O) groups is 1. The van der Waals surface area contributed by atoms with Crippen LogP contribution in [0.2, 0.25) is 0 Å². The van der Waals surface area contributed by atoms with E-state index < -0.39 is 0 Å². The van der Waals surface area contributed by atoms with E-state index in [0.717, 1.165) is 6.54 Å². The summed E-state index contributed by atoms with van der Waals surface area (Å²) in [6.07, 6.45) is 6.09. The zero-order chi connectivity index (χ0) is 11.8.